The van der Waals surface area contributed by atoms with Crippen molar-refractivity contribution in [1.82, 2.24) is 4.90 Å². The first-order chi connectivity index (χ1) is 9.63. The highest BCUT2D eigenvalue weighted by molar-refractivity contribution is 6.30. The molecule has 0 spiro atoms. The monoisotopic (exact) mass is 328 g/mol. The van der Waals surface area contributed by atoms with Crippen molar-refractivity contribution < 1.29 is 9.53 Å². The Labute approximate surface area is 135 Å². The molecule has 21 heavy (non-hydrogen) atoms. The Bertz CT molecular complexity index is 567. The number of benzene rings is 1. The molecule has 1 saturated heterocycles. The van der Waals surface area contributed by atoms with E-state index in [9.17, 15) is 4.79 Å². The summed E-state index contributed by atoms with van der Waals surface area (Å²) in [5.41, 5.74) is 7.40. The molecule has 1 fully saturated rings. The zero-order chi connectivity index (χ0) is 14.1. The van der Waals surface area contributed by atoms with Gasteiger partial charge in [-0.25, -0.2) is 0 Å². The van der Waals surface area contributed by atoms with Crippen LogP contribution in [-0.2, 0) is 4.79 Å². The fourth-order valence-corrected chi connectivity index (χ4v) is 2.76. The van der Waals surface area contributed by atoms with Crippen LogP contribution in [0.15, 0.2) is 23.8 Å². The lowest BCUT2D eigenvalue weighted by molar-refractivity contribution is -0.128. The number of halogens is 2. The number of ether oxygens (including phenoxy) is 1. The van der Waals surface area contributed by atoms with Crippen molar-refractivity contribution in [2.45, 2.75) is 18.9 Å². The lowest BCUT2D eigenvalue weighted by Crippen LogP contribution is -2.44. The van der Waals surface area contributed by atoms with Gasteiger partial charge < -0.3 is 15.4 Å². The topological polar surface area (TPSA) is 55.6 Å². The van der Waals surface area contributed by atoms with Crippen molar-refractivity contribution in [3.05, 3.63) is 34.4 Å². The van der Waals surface area contributed by atoms with Crippen LogP contribution in [0.5, 0.6) is 5.75 Å². The number of piperidine rings is 1. The lowest BCUT2D eigenvalue weighted by atomic mass is 10.0. The minimum Gasteiger partial charge on any atom is -0.488 e. The molecule has 2 N–H and O–H groups in total. The third-order valence-electron chi connectivity index (χ3n) is 3.79. The lowest BCUT2D eigenvalue weighted by Gasteiger charge is -2.31. The highest BCUT2D eigenvalue weighted by atomic mass is 35.5. The summed E-state index contributed by atoms with van der Waals surface area (Å²) in [6.45, 7) is 1.76. The molecule has 1 aromatic rings. The van der Waals surface area contributed by atoms with E-state index in [1.807, 2.05) is 23.1 Å². The summed E-state index contributed by atoms with van der Waals surface area (Å²) in [4.78, 5) is 14.3. The van der Waals surface area contributed by atoms with Crippen LogP contribution < -0.4 is 10.5 Å². The van der Waals surface area contributed by atoms with Crippen LogP contribution in [0.25, 0.3) is 6.08 Å². The van der Waals surface area contributed by atoms with E-state index in [4.69, 9.17) is 22.1 Å². The van der Waals surface area contributed by atoms with Crippen LogP contribution in [-0.4, -0.2) is 36.5 Å². The first-order valence-corrected chi connectivity index (χ1v) is 7.19. The van der Waals surface area contributed by atoms with Crippen LogP contribution in [0, 0.1) is 0 Å². The Kier molecular flexibility index (Phi) is 5.14. The molecule has 6 heteroatoms. The number of likely N-dealkylation sites (tertiary alicyclic amines) is 1. The molecule has 1 aromatic carbocycles. The quantitative estimate of drug-likeness (QED) is 0.861. The zero-order valence-corrected chi connectivity index (χ0v) is 13.1. The van der Waals surface area contributed by atoms with Crippen LogP contribution in [0.3, 0.4) is 0 Å². The Balaban J connectivity index is 0.00000161. The zero-order valence-electron chi connectivity index (χ0n) is 11.5. The standard InChI is InChI=1S/C15H17ClN2O2.ClH/c16-12-1-2-14-10(8-12)7-11(9-20-14)15(19)18-5-3-13(17)4-6-18;/h1-2,7-8,13H,3-6,9,17H2;1H. The minimum atomic E-state index is 0. The van der Waals surface area contributed by atoms with Gasteiger partial charge in [-0.2, -0.15) is 0 Å². The number of amides is 1. The van der Waals surface area contributed by atoms with Crippen molar-refractivity contribution >= 4 is 36.0 Å². The third kappa shape index (κ3) is 3.51. The molecule has 2 aliphatic rings. The Morgan fingerprint density at radius 3 is 2.76 bits per heavy atom. The van der Waals surface area contributed by atoms with Crippen molar-refractivity contribution in [1.29, 1.82) is 0 Å². The SMILES string of the molecule is Cl.NC1CCN(C(=O)C2=Cc3cc(Cl)ccc3OC2)CC1. The number of fused-ring (bicyclic) bond motifs is 1. The van der Waals surface area contributed by atoms with E-state index >= 15 is 0 Å². The highest BCUT2D eigenvalue weighted by Gasteiger charge is 2.25. The van der Waals surface area contributed by atoms with Gasteiger partial charge in [0.2, 0.25) is 0 Å². The highest BCUT2D eigenvalue weighted by Crippen LogP contribution is 2.29. The van der Waals surface area contributed by atoms with Crippen LogP contribution in [0.4, 0.5) is 0 Å². The number of hydrogen-bond acceptors (Lipinski definition) is 3. The molecular weight excluding hydrogens is 311 g/mol. The summed E-state index contributed by atoms with van der Waals surface area (Å²) in [6, 6.07) is 5.65. The molecule has 0 saturated carbocycles. The maximum Gasteiger partial charge on any atom is 0.253 e. The van der Waals surface area contributed by atoms with E-state index in [2.05, 4.69) is 0 Å². The molecule has 0 bridgehead atoms. The molecule has 1 amide bonds. The van der Waals surface area contributed by atoms with E-state index < -0.39 is 0 Å². The first kappa shape index (κ1) is 16.1. The number of hydrogen-bond donors (Lipinski definition) is 1. The normalized spacial score (nSPS) is 18.2. The number of nitrogens with two attached hydrogens (primary N) is 1. The second-order valence-electron chi connectivity index (χ2n) is 5.27. The third-order valence-corrected chi connectivity index (χ3v) is 4.02. The summed E-state index contributed by atoms with van der Waals surface area (Å²) in [7, 11) is 0. The molecule has 0 unspecified atom stereocenters. The van der Waals surface area contributed by atoms with Gasteiger partial charge in [0, 0.05) is 29.7 Å². The Morgan fingerprint density at radius 1 is 1.33 bits per heavy atom. The number of nitrogens with zero attached hydrogens (tertiary/aromatic N) is 1. The average molecular weight is 329 g/mol. The molecule has 4 nitrogen and oxygen atoms in total. The predicted molar refractivity (Wildman–Crippen MR) is 86.0 cm³/mol. The Morgan fingerprint density at radius 2 is 2.05 bits per heavy atom. The predicted octanol–water partition coefficient (Wildman–Crippen LogP) is 2.49. The molecule has 0 aromatic heterocycles. The molecule has 2 aliphatic heterocycles. The van der Waals surface area contributed by atoms with Gasteiger partial charge in [0.15, 0.2) is 0 Å². The molecule has 0 aliphatic carbocycles. The van der Waals surface area contributed by atoms with Crippen molar-refractivity contribution in [3.63, 3.8) is 0 Å². The maximum atomic E-state index is 12.5. The second kappa shape index (κ2) is 6.69. The molecule has 2 heterocycles. The molecule has 3 rings (SSSR count). The van der Waals surface area contributed by atoms with Gasteiger partial charge in [0.1, 0.15) is 12.4 Å². The summed E-state index contributed by atoms with van der Waals surface area (Å²) < 4.78 is 5.63. The van der Waals surface area contributed by atoms with Crippen molar-refractivity contribution in [2.75, 3.05) is 19.7 Å². The van der Waals surface area contributed by atoms with Gasteiger partial charge in [0.05, 0.1) is 5.57 Å². The van der Waals surface area contributed by atoms with Gasteiger partial charge in [-0.15, -0.1) is 12.4 Å². The van der Waals surface area contributed by atoms with Gasteiger partial charge in [-0.1, -0.05) is 11.6 Å². The van der Waals surface area contributed by atoms with E-state index in [0.29, 0.717) is 17.2 Å². The fourth-order valence-electron chi connectivity index (χ4n) is 2.58. The molecular formula is C15H18Cl2N2O2. The maximum absolute atomic E-state index is 12.5. The van der Waals surface area contributed by atoms with E-state index in [1.54, 1.807) is 6.07 Å². The molecule has 0 atom stereocenters. The minimum absolute atomic E-state index is 0. The number of carbonyl (C=O) groups excluding carboxylic acids is 1. The molecule has 0 radical (unpaired) electrons. The van der Waals surface area contributed by atoms with Crippen molar-refractivity contribution in [2.24, 2.45) is 5.73 Å². The number of rotatable bonds is 1. The van der Waals surface area contributed by atoms with Gasteiger partial charge in [-0.05, 0) is 37.1 Å². The largest absolute Gasteiger partial charge is 0.488 e. The van der Waals surface area contributed by atoms with E-state index in [0.717, 1.165) is 37.2 Å². The van der Waals surface area contributed by atoms with E-state index in [1.165, 1.54) is 0 Å². The van der Waals surface area contributed by atoms with Gasteiger partial charge >= 0.3 is 0 Å². The number of carbonyl (C=O) groups is 1. The summed E-state index contributed by atoms with van der Waals surface area (Å²) in [5, 5.41) is 0.640. The van der Waals surface area contributed by atoms with Crippen LogP contribution in [0.1, 0.15) is 18.4 Å². The van der Waals surface area contributed by atoms with Gasteiger partial charge in [0.25, 0.3) is 5.91 Å². The Hall–Kier alpha value is -1.23. The van der Waals surface area contributed by atoms with E-state index in [-0.39, 0.29) is 24.4 Å². The smallest absolute Gasteiger partial charge is 0.253 e. The van der Waals surface area contributed by atoms with Crippen LogP contribution in [0.2, 0.25) is 5.02 Å². The van der Waals surface area contributed by atoms with Crippen molar-refractivity contribution in [3.8, 4) is 5.75 Å². The van der Waals surface area contributed by atoms with Gasteiger partial charge in [-0.3, -0.25) is 4.79 Å². The fraction of sp³-hybridized carbons (Fsp3) is 0.400. The second-order valence-corrected chi connectivity index (χ2v) is 5.71. The summed E-state index contributed by atoms with van der Waals surface area (Å²) >= 11 is 5.97. The summed E-state index contributed by atoms with van der Waals surface area (Å²) in [6.07, 6.45) is 3.60. The summed E-state index contributed by atoms with van der Waals surface area (Å²) in [5.74, 6) is 0.814. The first-order valence-electron chi connectivity index (χ1n) is 6.81. The average Bonchev–Trinajstić information content (AvgIpc) is 2.46. The molecule has 114 valence electrons. The van der Waals surface area contributed by atoms with Crippen LogP contribution >= 0.6 is 24.0 Å².